The topological polar surface area (TPSA) is 83.6 Å². The van der Waals surface area contributed by atoms with Crippen molar-refractivity contribution in [1.29, 1.82) is 0 Å². The van der Waals surface area contributed by atoms with Crippen molar-refractivity contribution in [3.05, 3.63) is 47.5 Å². The van der Waals surface area contributed by atoms with Crippen LogP contribution in [0.2, 0.25) is 0 Å². The average molecular weight is 413 g/mol. The van der Waals surface area contributed by atoms with E-state index in [1.165, 1.54) is 0 Å². The number of aromatic hydroxyl groups is 2. The summed E-state index contributed by atoms with van der Waals surface area (Å²) in [7, 11) is 0. The van der Waals surface area contributed by atoms with Crippen LogP contribution in [-0.2, 0) is 0 Å². The molecule has 0 saturated heterocycles. The van der Waals surface area contributed by atoms with Crippen LogP contribution in [0.1, 0.15) is 50.7 Å². The molecule has 0 amide bonds. The zero-order valence-corrected chi connectivity index (χ0v) is 17.9. The van der Waals surface area contributed by atoms with E-state index in [9.17, 15) is 10.2 Å². The molecule has 0 bridgehead atoms. The molecule has 0 aliphatic rings. The highest BCUT2D eigenvalue weighted by molar-refractivity contribution is 5.85. The molecular formula is C24H32N2O4. The van der Waals surface area contributed by atoms with E-state index in [1.807, 2.05) is 38.1 Å². The number of phenolic OH excluding ortho intramolecular Hbond substituents is 2. The Kier molecular flexibility index (Phi) is 10.3. The Morgan fingerprint density at radius 3 is 1.53 bits per heavy atom. The number of phenols is 2. The van der Waals surface area contributed by atoms with Crippen molar-refractivity contribution in [2.75, 3.05) is 26.3 Å². The molecule has 0 spiro atoms. The number of ether oxygens (including phenoxy) is 2. The van der Waals surface area contributed by atoms with Gasteiger partial charge in [-0.3, -0.25) is 9.98 Å². The number of rotatable bonds is 13. The summed E-state index contributed by atoms with van der Waals surface area (Å²) in [5.41, 5.74) is 1.35. The van der Waals surface area contributed by atoms with Gasteiger partial charge in [0.1, 0.15) is 0 Å². The van der Waals surface area contributed by atoms with E-state index in [0.29, 0.717) is 35.8 Å². The smallest absolute Gasteiger partial charge is 0.166 e. The molecule has 2 aromatic rings. The molecule has 0 radical (unpaired) electrons. The van der Waals surface area contributed by atoms with Gasteiger partial charge in [0.2, 0.25) is 0 Å². The van der Waals surface area contributed by atoms with Gasteiger partial charge in [-0.15, -0.1) is 0 Å². The number of unbranched alkanes of at least 4 members (excludes halogenated alkanes) is 3. The Morgan fingerprint density at radius 1 is 0.700 bits per heavy atom. The van der Waals surface area contributed by atoms with Crippen LogP contribution in [0.15, 0.2) is 46.4 Å². The summed E-state index contributed by atoms with van der Waals surface area (Å²) in [4.78, 5) is 8.80. The Balaban J connectivity index is 1.64. The SMILES string of the molecule is CCOc1cccc(C=NCCCCCCN=Cc2cccc(OCC)c2O)c1O. The summed E-state index contributed by atoms with van der Waals surface area (Å²) in [6.45, 7) is 6.24. The van der Waals surface area contributed by atoms with Gasteiger partial charge < -0.3 is 19.7 Å². The number of aliphatic imine (C=N–C) groups is 2. The van der Waals surface area contributed by atoms with Crippen LogP contribution in [0.5, 0.6) is 23.0 Å². The highest BCUT2D eigenvalue weighted by Gasteiger charge is 2.06. The molecule has 0 unspecified atom stereocenters. The number of para-hydroxylation sites is 2. The Bertz CT molecular complexity index is 764. The normalized spacial score (nSPS) is 11.4. The quantitative estimate of drug-likeness (QED) is 0.358. The summed E-state index contributed by atoms with van der Waals surface area (Å²) in [6, 6.07) is 10.8. The van der Waals surface area contributed by atoms with Crippen molar-refractivity contribution in [3.63, 3.8) is 0 Å². The first kappa shape index (κ1) is 23.3. The fourth-order valence-corrected chi connectivity index (χ4v) is 2.92. The summed E-state index contributed by atoms with van der Waals surface area (Å²) >= 11 is 0. The van der Waals surface area contributed by atoms with Crippen molar-refractivity contribution >= 4 is 12.4 Å². The molecule has 6 heteroatoms. The van der Waals surface area contributed by atoms with E-state index in [0.717, 1.165) is 38.8 Å². The zero-order valence-electron chi connectivity index (χ0n) is 17.9. The third kappa shape index (κ3) is 7.43. The maximum atomic E-state index is 10.1. The summed E-state index contributed by atoms with van der Waals surface area (Å²) in [5, 5.41) is 20.3. The molecule has 0 heterocycles. The predicted molar refractivity (Wildman–Crippen MR) is 122 cm³/mol. The van der Waals surface area contributed by atoms with Gasteiger partial charge in [0, 0.05) is 36.6 Å². The number of hydrogen-bond acceptors (Lipinski definition) is 6. The van der Waals surface area contributed by atoms with E-state index in [2.05, 4.69) is 9.98 Å². The molecular weight excluding hydrogens is 380 g/mol. The number of nitrogens with zero attached hydrogens (tertiary/aromatic N) is 2. The van der Waals surface area contributed by atoms with Crippen molar-refractivity contribution in [1.82, 2.24) is 0 Å². The monoisotopic (exact) mass is 412 g/mol. The third-order valence-electron chi connectivity index (χ3n) is 4.45. The fraction of sp³-hybridized carbons (Fsp3) is 0.417. The second-order valence-electron chi connectivity index (χ2n) is 6.74. The van der Waals surface area contributed by atoms with Gasteiger partial charge in [0.25, 0.3) is 0 Å². The molecule has 2 rings (SSSR count). The van der Waals surface area contributed by atoms with E-state index >= 15 is 0 Å². The summed E-state index contributed by atoms with van der Waals surface area (Å²) in [6.07, 6.45) is 7.52. The minimum atomic E-state index is 0.138. The average Bonchev–Trinajstić information content (AvgIpc) is 2.74. The highest BCUT2D eigenvalue weighted by Crippen LogP contribution is 2.29. The van der Waals surface area contributed by atoms with Crippen LogP contribution >= 0.6 is 0 Å². The molecule has 0 aliphatic carbocycles. The maximum absolute atomic E-state index is 10.1. The van der Waals surface area contributed by atoms with Crippen LogP contribution in [-0.4, -0.2) is 48.9 Å². The summed E-state index contributed by atoms with van der Waals surface area (Å²) in [5.74, 6) is 1.25. The van der Waals surface area contributed by atoms with Crippen molar-refractivity contribution in [2.24, 2.45) is 9.98 Å². The van der Waals surface area contributed by atoms with Crippen molar-refractivity contribution in [2.45, 2.75) is 39.5 Å². The molecule has 2 N–H and O–H groups in total. The van der Waals surface area contributed by atoms with Crippen molar-refractivity contribution < 1.29 is 19.7 Å². The molecule has 0 aliphatic heterocycles. The van der Waals surface area contributed by atoms with E-state index in [4.69, 9.17) is 9.47 Å². The molecule has 2 aromatic carbocycles. The predicted octanol–water partition coefficient (Wildman–Crippen LogP) is 4.99. The van der Waals surface area contributed by atoms with Gasteiger partial charge in [0.05, 0.1) is 13.2 Å². The van der Waals surface area contributed by atoms with Crippen LogP contribution < -0.4 is 9.47 Å². The Morgan fingerprint density at radius 2 is 1.13 bits per heavy atom. The first-order valence-electron chi connectivity index (χ1n) is 10.6. The van der Waals surface area contributed by atoms with Gasteiger partial charge in [-0.2, -0.15) is 0 Å². The third-order valence-corrected chi connectivity index (χ3v) is 4.45. The first-order valence-corrected chi connectivity index (χ1v) is 10.6. The van der Waals surface area contributed by atoms with E-state index in [1.54, 1.807) is 24.6 Å². The van der Waals surface area contributed by atoms with Gasteiger partial charge in [-0.1, -0.05) is 25.0 Å². The van der Waals surface area contributed by atoms with Gasteiger partial charge in [-0.25, -0.2) is 0 Å². The van der Waals surface area contributed by atoms with Crippen LogP contribution in [0.25, 0.3) is 0 Å². The van der Waals surface area contributed by atoms with Crippen molar-refractivity contribution in [3.8, 4) is 23.0 Å². The summed E-state index contributed by atoms with van der Waals surface area (Å²) < 4.78 is 10.8. The second kappa shape index (κ2) is 13.2. The van der Waals surface area contributed by atoms with Crippen LogP contribution in [0, 0.1) is 0 Å². The van der Waals surface area contributed by atoms with Crippen LogP contribution in [0.3, 0.4) is 0 Å². The number of hydrogen-bond donors (Lipinski definition) is 2. The molecule has 0 fully saturated rings. The lowest BCUT2D eigenvalue weighted by Gasteiger charge is -2.07. The molecule has 6 nitrogen and oxygen atoms in total. The Labute approximate surface area is 178 Å². The largest absolute Gasteiger partial charge is 0.504 e. The highest BCUT2D eigenvalue weighted by atomic mass is 16.5. The fourth-order valence-electron chi connectivity index (χ4n) is 2.92. The standard InChI is InChI=1S/C24H32N2O4/c1-3-29-21-13-9-11-19(23(21)27)17-25-15-7-5-6-8-16-26-18-20-12-10-14-22(24(20)28)30-4-2/h9-14,17-18,27-28H,3-8,15-16H2,1-2H3. The molecule has 0 saturated carbocycles. The minimum absolute atomic E-state index is 0.138. The lowest BCUT2D eigenvalue weighted by molar-refractivity contribution is 0.318. The maximum Gasteiger partial charge on any atom is 0.166 e. The second-order valence-corrected chi connectivity index (χ2v) is 6.74. The minimum Gasteiger partial charge on any atom is -0.504 e. The van der Waals surface area contributed by atoms with Gasteiger partial charge >= 0.3 is 0 Å². The first-order chi connectivity index (χ1) is 14.7. The van der Waals surface area contributed by atoms with Gasteiger partial charge in [-0.05, 0) is 51.0 Å². The molecule has 0 atom stereocenters. The zero-order chi connectivity index (χ0) is 21.6. The van der Waals surface area contributed by atoms with Crippen LogP contribution in [0.4, 0.5) is 0 Å². The number of benzene rings is 2. The van der Waals surface area contributed by atoms with E-state index < -0.39 is 0 Å². The molecule has 30 heavy (non-hydrogen) atoms. The van der Waals surface area contributed by atoms with E-state index in [-0.39, 0.29) is 11.5 Å². The molecule has 162 valence electrons. The lowest BCUT2D eigenvalue weighted by Crippen LogP contribution is -1.94. The Hall–Kier alpha value is -3.02. The molecule has 0 aromatic heterocycles. The van der Waals surface area contributed by atoms with Gasteiger partial charge in [0.15, 0.2) is 23.0 Å². The lowest BCUT2D eigenvalue weighted by atomic mass is 10.2.